The Morgan fingerprint density at radius 2 is 1.57 bits per heavy atom. The van der Waals surface area contributed by atoms with Crippen molar-refractivity contribution < 1.29 is 17.7 Å². The van der Waals surface area contributed by atoms with Gasteiger partial charge in [0.25, 0.3) is 10.1 Å². The number of hydrogen-bond donors (Lipinski definition) is 3. The molecule has 2 aromatic carbocycles. The van der Waals surface area contributed by atoms with Crippen molar-refractivity contribution in [3.8, 4) is 5.75 Å². The van der Waals surface area contributed by atoms with Gasteiger partial charge < -0.3 is 16.2 Å². The van der Waals surface area contributed by atoms with E-state index in [-0.39, 0.29) is 16.7 Å². The zero-order valence-electron chi connectivity index (χ0n) is 16.6. The van der Waals surface area contributed by atoms with E-state index in [2.05, 4.69) is 15.2 Å². The Kier molecular flexibility index (Phi) is 7.19. The van der Waals surface area contributed by atoms with Crippen LogP contribution in [0.25, 0.3) is 0 Å². The van der Waals surface area contributed by atoms with Gasteiger partial charge in [-0.05, 0) is 57.2 Å². The highest BCUT2D eigenvalue weighted by Crippen LogP contribution is 2.29. The van der Waals surface area contributed by atoms with Gasteiger partial charge in [0, 0.05) is 5.02 Å². The number of aromatic nitrogens is 3. The van der Waals surface area contributed by atoms with Crippen LogP contribution in [0.15, 0.2) is 53.4 Å². The molecule has 3 aromatic rings. The predicted molar refractivity (Wildman–Crippen MR) is 115 cm³/mol. The number of nitrogens with two attached hydrogens (primary N) is 2. The molecule has 9 nitrogen and oxygen atoms in total. The van der Waals surface area contributed by atoms with Crippen LogP contribution in [-0.2, 0) is 15.7 Å². The Labute approximate surface area is 179 Å². The van der Waals surface area contributed by atoms with Gasteiger partial charge in [0.15, 0.2) is 11.4 Å². The summed E-state index contributed by atoms with van der Waals surface area (Å²) in [7, 11) is -4.02. The topological polar surface area (TPSA) is 154 Å². The fraction of sp³-hybridized carbons (Fsp3) is 0.211. The highest BCUT2D eigenvalue weighted by molar-refractivity contribution is 7.85. The molecule has 0 radical (unpaired) electrons. The van der Waals surface area contributed by atoms with Crippen LogP contribution in [-0.4, -0.2) is 28.2 Å². The van der Waals surface area contributed by atoms with Crippen LogP contribution in [0.4, 0.5) is 11.8 Å². The Bertz CT molecular complexity index is 1100. The molecule has 1 aromatic heterocycles. The van der Waals surface area contributed by atoms with Gasteiger partial charge in [0.1, 0.15) is 11.4 Å². The lowest BCUT2D eigenvalue weighted by Gasteiger charge is -2.26. The first kappa shape index (κ1) is 23.3. The molecule has 1 heterocycles. The van der Waals surface area contributed by atoms with Gasteiger partial charge in [0.2, 0.25) is 5.95 Å². The van der Waals surface area contributed by atoms with E-state index >= 15 is 0 Å². The van der Waals surface area contributed by atoms with E-state index in [1.807, 2.05) is 20.8 Å². The monoisotopic (exact) mass is 451 g/mol. The van der Waals surface area contributed by atoms with E-state index in [1.165, 1.54) is 12.1 Å². The molecule has 3 rings (SSSR count). The first-order valence-corrected chi connectivity index (χ1v) is 10.4. The highest BCUT2D eigenvalue weighted by Gasteiger charge is 2.28. The summed E-state index contributed by atoms with van der Waals surface area (Å²) in [6, 6.07) is 13.0. The molecule has 5 N–H and O–H groups in total. The molecule has 160 valence electrons. The van der Waals surface area contributed by atoms with Gasteiger partial charge in [-0.2, -0.15) is 13.4 Å². The van der Waals surface area contributed by atoms with Crippen molar-refractivity contribution in [2.24, 2.45) is 0 Å². The summed E-state index contributed by atoms with van der Waals surface area (Å²) in [6.07, 6.45) is 0. The predicted octanol–water partition coefficient (Wildman–Crippen LogP) is 3.25. The van der Waals surface area contributed by atoms with E-state index in [0.29, 0.717) is 16.5 Å². The lowest BCUT2D eigenvalue weighted by molar-refractivity contribution is 0.103. The minimum absolute atomic E-state index is 0.0311. The van der Waals surface area contributed by atoms with Crippen molar-refractivity contribution in [3.63, 3.8) is 0 Å². The van der Waals surface area contributed by atoms with E-state index in [9.17, 15) is 8.42 Å². The van der Waals surface area contributed by atoms with Crippen molar-refractivity contribution in [1.29, 1.82) is 0 Å². The summed E-state index contributed by atoms with van der Waals surface area (Å²) in [6.45, 7) is 5.48. The van der Waals surface area contributed by atoms with Gasteiger partial charge in [0.05, 0.1) is 4.90 Å². The number of halogens is 1. The van der Waals surface area contributed by atoms with Gasteiger partial charge in [-0.15, -0.1) is 10.2 Å². The molecule has 0 fully saturated rings. The van der Waals surface area contributed by atoms with Gasteiger partial charge in [-0.25, -0.2) is 0 Å². The van der Waals surface area contributed by atoms with Crippen LogP contribution in [0, 0.1) is 6.92 Å². The normalized spacial score (nSPS) is 11.4. The van der Waals surface area contributed by atoms with Gasteiger partial charge in [-0.3, -0.25) is 4.55 Å². The molecule has 0 unspecified atom stereocenters. The first-order chi connectivity index (χ1) is 13.9. The van der Waals surface area contributed by atoms with Gasteiger partial charge in [-0.1, -0.05) is 29.3 Å². The molecule has 0 saturated heterocycles. The highest BCUT2D eigenvalue weighted by atomic mass is 35.5. The molecule has 11 heteroatoms. The fourth-order valence-electron chi connectivity index (χ4n) is 2.34. The summed E-state index contributed by atoms with van der Waals surface area (Å²) in [5.41, 5.74) is 11.8. The maximum absolute atomic E-state index is 10.5. The molecule has 0 spiro atoms. The summed E-state index contributed by atoms with van der Waals surface area (Å²) >= 11 is 5.82. The third kappa shape index (κ3) is 6.55. The third-order valence-electron chi connectivity index (χ3n) is 3.81. The zero-order chi connectivity index (χ0) is 22.5. The number of ether oxygens (including phenoxy) is 1. The average Bonchev–Trinajstić information content (AvgIpc) is 2.63. The number of nitrogens with zero attached hydrogens (tertiary/aromatic N) is 3. The average molecular weight is 452 g/mol. The van der Waals surface area contributed by atoms with Crippen LogP contribution in [0.5, 0.6) is 5.75 Å². The van der Waals surface area contributed by atoms with Crippen LogP contribution >= 0.6 is 11.6 Å². The standard InChI is InChI=1S/C12H14ClN5O.C7H8O3S/c1-12(2,9-10(14)16-11(15)18-17-9)19-8-5-3-7(13)4-6-8;1-6-2-4-7(5-3-6)11(8,9)10/h3-6H,1-2H3,(H4,14,15,16,18);2-5H,1H3,(H,8,9,10). The minimum Gasteiger partial charge on any atom is -0.481 e. The maximum Gasteiger partial charge on any atom is 0.294 e. The van der Waals surface area contributed by atoms with Crippen molar-refractivity contribution in [1.82, 2.24) is 15.2 Å². The molecule has 0 aliphatic heterocycles. The first-order valence-electron chi connectivity index (χ1n) is 8.63. The van der Waals surface area contributed by atoms with Crippen molar-refractivity contribution in [3.05, 3.63) is 64.8 Å². The number of aryl methyl sites for hydroxylation is 1. The Hall–Kier alpha value is -2.95. The number of nitrogen functional groups attached to an aromatic ring is 2. The zero-order valence-corrected chi connectivity index (χ0v) is 18.1. The third-order valence-corrected chi connectivity index (χ3v) is 4.93. The fourth-order valence-corrected chi connectivity index (χ4v) is 2.94. The molecule has 0 bridgehead atoms. The molecule has 0 aliphatic carbocycles. The number of rotatable bonds is 4. The largest absolute Gasteiger partial charge is 0.481 e. The molecular weight excluding hydrogens is 430 g/mol. The SMILES string of the molecule is CC(C)(Oc1ccc(Cl)cc1)c1nnc(N)nc1N.Cc1ccc(S(=O)(=O)O)cc1. The Balaban J connectivity index is 0.000000248. The van der Waals surface area contributed by atoms with E-state index in [0.717, 1.165) is 5.56 Å². The van der Waals surface area contributed by atoms with Crippen LogP contribution in [0.3, 0.4) is 0 Å². The second-order valence-corrected chi connectivity index (χ2v) is 8.62. The number of anilines is 2. The molecule has 30 heavy (non-hydrogen) atoms. The molecular formula is C19H22ClN5O4S. The van der Waals surface area contributed by atoms with Crippen LogP contribution in [0.1, 0.15) is 25.1 Å². The lowest BCUT2D eigenvalue weighted by atomic mass is 10.0. The van der Waals surface area contributed by atoms with Crippen LogP contribution < -0.4 is 16.2 Å². The number of hydrogen-bond acceptors (Lipinski definition) is 8. The smallest absolute Gasteiger partial charge is 0.294 e. The summed E-state index contributed by atoms with van der Waals surface area (Å²) in [5.74, 6) is 0.877. The lowest BCUT2D eigenvalue weighted by Crippen LogP contribution is -2.29. The van der Waals surface area contributed by atoms with Crippen LogP contribution in [0.2, 0.25) is 5.02 Å². The van der Waals surface area contributed by atoms with E-state index in [1.54, 1.807) is 36.4 Å². The molecule has 0 aliphatic rings. The maximum atomic E-state index is 10.5. The Morgan fingerprint density at radius 1 is 1.00 bits per heavy atom. The van der Waals surface area contributed by atoms with Crippen molar-refractivity contribution >= 4 is 33.5 Å². The summed E-state index contributed by atoms with van der Waals surface area (Å²) in [4.78, 5) is 3.81. The summed E-state index contributed by atoms with van der Waals surface area (Å²) in [5, 5.41) is 8.28. The Morgan fingerprint density at radius 3 is 2.07 bits per heavy atom. The molecule has 0 atom stereocenters. The molecule has 0 saturated carbocycles. The van der Waals surface area contributed by atoms with Crippen molar-refractivity contribution in [2.45, 2.75) is 31.3 Å². The van der Waals surface area contributed by atoms with Gasteiger partial charge >= 0.3 is 0 Å². The molecule has 0 amide bonds. The van der Waals surface area contributed by atoms with E-state index in [4.69, 9.17) is 32.4 Å². The van der Waals surface area contributed by atoms with E-state index < -0.39 is 15.7 Å². The quantitative estimate of drug-likeness (QED) is 0.506. The minimum atomic E-state index is -4.02. The second kappa shape index (κ2) is 9.24. The number of benzene rings is 2. The van der Waals surface area contributed by atoms with Crippen molar-refractivity contribution in [2.75, 3.05) is 11.5 Å². The second-order valence-electron chi connectivity index (χ2n) is 6.76. The summed E-state index contributed by atoms with van der Waals surface area (Å²) < 4.78 is 35.4.